The summed E-state index contributed by atoms with van der Waals surface area (Å²) >= 11 is 0. The monoisotopic (exact) mass is 357 g/mol. The molecule has 0 bridgehead atoms. The van der Waals surface area contributed by atoms with Gasteiger partial charge in [0.15, 0.2) is 0 Å². The van der Waals surface area contributed by atoms with E-state index in [9.17, 15) is 13.2 Å². The lowest BCUT2D eigenvalue weighted by Gasteiger charge is -2.17. The molecule has 3 rings (SSSR count). The third kappa shape index (κ3) is 4.25. The first-order valence-electron chi connectivity index (χ1n) is 8.83. The largest absolute Gasteiger partial charge is 0.416 e. The van der Waals surface area contributed by atoms with Crippen LogP contribution in [-0.2, 0) is 12.6 Å². The van der Waals surface area contributed by atoms with Gasteiger partial charge < -0.3 is 5.32 Å². The van der Waals surface area contributed by atoms with Crippen LogP contribution in [0, 0.1) is 0 Å². The Hall–Kier alpha value is -2.33. The molecule has 0 aromatic heterocycles. The van der Waals surface area contributed by atoms with E-state index in [0.717, 1.165) is 6.07 Å². The molecule has 0 heterocycles. The Labute approximate surface area is 151 Å². The molecule has 0 aliphatic rings. The van der Waals surface area contributed by atoms with Gasteiger partial charge in [-0.15, -0.1) is 0 Å². The normalized spacial score (nSPS) is 13.1. The quantitative estimate of drug-likeness (QED) is 0.522. The number of hydrogen-bond donors (Lipinski definition) is 1. The van der Waals surface area contributed by atoms with E-state index in [1.165, 1.54) is 22.4 Å². The van der Waals surface area contributed by atoms with Gasteiger partial charge in [0.05, 0.1) is 5.56 Å². The molecule has 3 aromatic carbocycles. The Morgan fingerprint density at radius 2 is 1.58 bits per heavy atom. The fraction of sp³-hybridized carbons (Fsp3) is 0.273. The van der Waals surface area contributed by atoms with E-state index in [2.05, 4.69) is 36.5 Å². The Morgan fingerprint density at radius 1 is 0.885 bits per heavy atom. The molecule has 0 saturated carbocycles. The van der Waals surface area contributed by atoms with Crippen LogP contribution in [-0.4, -0.2) is 6.54 Å². The highest BCUT2D eigenvalue weighted by atomic mass is 19.4. The number of rotatable bonds is 6. The van der Waals surface area contributed by atoms with E-state index in [1.807, 2.05) is 18.2 Å². The molecule has 26 heavy (non-hydrogen) atoms. The second kappa shape index (κ2) is 7.92. The topological polar surface area (TPSA) is 12.0 Å². The molecule has 0 amide bonds. The zero-order valence-electron chi connectivity index (χ0n) is 14.7. The molecule has 3 aromatic rings. The molecule has 0 aliphatic carbocycles. The van der Waals surface area contributed by atoms with E-state index in [0.29, 0.717) is 24.9 Å². The van der Waals surface area contributed by atoms with Crippen molar-refractivity contribution in [2.75, 3.05) is 6.54 Å². The molecule has 0 fully saturated rings. The van der Waals surface area contributed by atoms with Gasteiger partial charge in [-0.1, -0.05) is 60.7 Å². The Bertz CT molecular complexity index is 865. The minimum absolute atomic E-state index is 0.138. The molecule has 1 atom stereocenters. The van der Waals surface area contributed by atoms with Crippen LogP contribution < -0.4 is 5.32 Å². The maximum absolute atomic E-state index is 13.0. The molecule has 4 heteroatoms. The molecule has 1 nitrogen and oxygen atoms in total. The molecule has 0 spiro atoms. The Kier molecular flexibility index (Phi) is 5.62. The summed E-state index contributed by atoms with van der Waals surface area (Å²) in [5, 5.41) is 5.84. The summed E-state index contributed by atoms with van der Waals surface area (Å²) in [4.78, 5) is 0. The second-order valence-electron chi connectivity index (χ2n) is 6.50. The maximum Gasteiger partial charge on any atom is 0.416 e. The van der Waals surface area contributed by atoms with E-state index < -0.39 is 11.7 Å². The van der Waals surface area contributed by atoms with E-state index >= 15 is 0 Å². The van der Waals surface area contributed by atoms with Crippen molar-refractivity contribution in [2.45, 2.75) is 32.0 Å². The van der Waals surface area contributed by atoms with Crippen LogP contribution in [0.2, 0.25) is 0 Å². The lowest BCUT2D eigenvalue weighted by Crippen LogP contribution is -2.21. The molecule has 0 aliphatic heterocycles. The average molecular weight is 357 g/mol. The van der Waals surface area contributed by atoms with Gasteiger partial charge in [0.1, 0.15) is 0 Å². The zero-order chi connectivity index (χ0) is 18.6. The molecular formula is C22H22F3N. The van der Waals surface area contributed by atoms with Gasteiger partial charge in [-0.3, -0.25) is 0 Å². The smallest absolute Gasteiger partial charge is 0.310 e. The summed E-state index contributed by atoms with van der Waals surface area (Å²) in [6.45, 7) is 2.75. The van der Waals surface area contributed by atoms with Gasteiger partial charge in [-0.25, -0.2) is 0 Å². The number of aryl methyl sites for hydroxylation is 1. The number of benzene rings is 3. The standard InChI is InChI=1S/C22H22F3N/c1-16(19-13-6-10-17-8-2-4-12-20(17)19)26-15-7-11-18-9-3-5-14-21(18)22(23,24)25/h2-6,8-10,12-14,16,26H,7,11,15H2,1H3. The number of hydrogen-bond acceptors (Lipinski definition) is 1. The lowest BCUT2D eigenvalue weighted by atomic mass is 9.99. The fourth-order valence-corrected chi connectivity index (χ4v) is 3.35. The van der Waals surface area contributed by atoms with Crippen molar-refractivity contribution >= 4 is 10.8 Å². The fourth-order valence-electron chi connectivity index (χ4n) is 3.35. The minimum Gasteiger partial charge on any atom is -0.310 e. The van der Waals surface area contributed by atoms with Crippen molar-refractivity contribution < 1.29 is 13.2 Å². The number of fused-ring (bicyclic) bond motifs is 1. The number of nitrogens with one attached hydrogen (secondary N) is 1. The number of alkyl halides is 3. The van der Waals surface area contributed by atoms with Crippen LogP contribution in [0.5, 0.6) is 0 Å². The molecule has 136 valence electrons. The van der Waals surface area contributed by atoms with Crippen LogP contribution in [0.3, 0.4) is 0 Å². The summed E-state index contributed by atoms with van der Waals surface area (Å²) in [6, 6.07) is 20.4. The molecular weight excluding hydrogens is 335 g/mol. The molecule has 1 N–H and O–H groups in total. The Morgan fingerprint density at radius 3 is 2.38 bits per heavy atom. The minimum atomic E-state index is -4.29. The van der Waals surface area contributed by atoms with E-state index in [4.69, 9.17) is 0 Å². The third-order valence-corrected chi connectivity index (χ3v) is 4.69. The summed E-state index contributed by atoms with van der Waals surface area (Å²) < 4.78 is 39.1. The van der Waals surface area contributed by atoms with Crippen LogP contribution in [0.1, 0.15) is 36.1 Å². The van der Waals surface area contributed by atoms with Crippen LogP contribution in [0.25, 0.3) is 10.8 Å². The second-order valence-corrected chi connectivity index (χ2v) is 6.50. The maximum atomic E-state index is 13.0. The highest BCUT2D eigenvalue weighted by Crippen LogP contribution is 2.32. The van der Waals surface area contributed by atoms with Crippen LogP contribution in [0.15, 0.2) is 66.7 Å². The van der Waals surface area contributed by atoms with Crippen molar-refractivity contribution in [2.24, 2.45) is 0 Å². The van der Waals surface area contributed by atoms with Gasteiger partial charge in [-0.2, -0.15) is 13.2 Å². The summed E-state index contributed by atoms with van der Waals surface area (Å²) in [6.07, 6.45) is -3.23. The third-order valence-electron chi connectivity index (χ3n) is 4.69. The van der Waals surface area contributed by atoms with Gasteiger partial charge in [0.25, 0.3) is 0 Å². The predicted molar refractivity (Wildman–Crippen MR) is 100 cm³/mol. The molecule has 0 radical (unpaired) electrons. The van der Waals surface area contributed by atoms with Crippen LogP contribution >= 0.6 is 0 Å². The van der Waals surface area contributed by atoms with Gasteiger partial charge in [0.2, 0.25) is 0 Å². The van der Waals surface area contributed by atoms with Crippen molar-refractivity contribution in [1.29, 1.82) is 0 Å². The van der Waals surface area contributed by atoms with Crippen molar-refractivity contribution in [3.8, 4) is 0 Å². The zero-order valence-corrected chi connectivity index (χ0v) is 14.7. The van der Waals surface area contributed by atoms with E-state index in [1.54, 1.807) is 12.1 Å². The first-order chi connectivity index (χ1) is 12.5. The van der Waals surface area contributed by atoms with Gasteiger partial charge >= 0.3 is 6.18 Å². The summed E-state index contributed by atoms with van der Waals surface area (Å²) in [7, 11) is 0. The predicted octanol–water partition coefficient (Wildman–Crippen LogP) is 6.14. The highest BCUT2D eigenvalue weighted by Gasteiger charge is 2.32. The van der Waals surface area contributed by atoms with Crippen molar-refractivity contribution in [3.63, 3.8) is 0 Å². The number of halogens is 3. The van der Waals surface area contributed by atoms with Gasteiger partial charge in [0, 0.05) is 6.04 Å². The highest BCUT2D eigenvalue weighted by molar-refractivity contribution is 5.86. The summed E-state index contributed by atoms with van der Waals surface area (Å²) in [5.41, 5.74) is 1.04. The first kappa shape index (κ1) is 18.5. The van der Waals surface area contributed by atoms with Crippen LogP contribution in [0.4, 0.5) is 13.2 Å². The van der Waals surface area contributed by atoms with E-state index in [-0.39, 0.29) is 6.04 Å². The first-order valence-corrected chi connectivity index (χ1v) is 8.83. The van der Waals surface area contributed by atoms with Crippen molar-refractivity contribution in [1.82, 2.24) is 5.32 Å². The van der Waals surface area contributed by atoms with Crippen molar-refractivity contribution in [3.05, 3.63) is 83.4 Å². The lowest BCUT2D eigenvalue weighted by molar-refractivity contribution is -0.138. The molecule has 1 unspecified atom stereocenters. The molecule has 0 saturated heterocycles. The van der Waals surface area contributed by atoms with Gasteiger partial charge in [-0.05, 0) is 54.3 Å². The Balaban J connectivity index is 1.61. The summed E-state index contributed by atoms with van der Waals surface area (Å²) in [5.74, 6) is 0. The average Bonchev–Trinajstić information content (AvgIpc) is 2.64. The SMILES string of the molecule is CC(NCCCc1ccccc1C(F)(F)F)c1cccc2ccccc12.